The maximum Gasteiger partial charge on any atom is 0.358 e. The highest BCUT2D eigenvalue weighted by molar-refractivity contribution is 6.31. The summed E-state index contributed by atoms with van der Waals surface area (Å²) in [5, 5.41) is 26.6. The summed E-state index contributed by atoms with van der Waals surface area (Å²) in [5.41, 5.74) is 0.639. The first kappa shape index (κ1) is 13.8. The van der Waals surface area contributed by atoms with Crippen molar-refractivity contribution in [1.29, 1.82) is 0 Å². The number of aromatic nitrogens is 3. The SMILES string of the molecule is O=C(O)c1cn(C2CN(Cc3c(O)cccc3Cl)C2)nn1. The third-order valence-electron chi connectivity index (χ3n) is 3.52. The second-order valence-electron chi connectivity index (χ2n) is 4.97. The Kier molecular flexibility index (Phi) is 3.52. The van der Waals surface area contributed by atoms with Gasteiger partial charge in [-0.3, -0.25) is 4.90 Å². The second-order valence-corrected chi connectivity index (χ2v) is 5.38. The lowest BCUT2D eigenvalue weighted by molar-refractivity contribution is 0.0690. The molecule has 0 aliphatic carbocycles. The number of halogens is 1. The van der Waals surface area contributed by atoms with Crippen LogP contribution in [0.25, 0.3) is 0 Å². The molecule has 0 unspecified atom stereocenters. The number of carboxylic acid groups (broad SMARTS) is 1. The van der Waals surface area contributed by atoms with Crippen LogP contribution in [0.3, 0.4) is 0 Å². The van der Waals surface area contributed by atoms with E-state index in [1.165, 1.54) is 6.20 Å². The van der Waals surface area contributed by atoms with E-state index in [0.29, 0.717) is 30.2 Å². The molecule has 0 bridgehead atoms. The van der Waals surface area contributed by atoms with Crippen molar-refractivity contribution in [2.75, 3.05) is 13.1 Å². The Morgan fingerprint density at radius 3 is 2.81 bits per heavy atom. The molecule has 0 spiro atoms. The maximum absolute atomic E-state index is 10.8. The zero-order valence-electron chi connectivity index (χ0n) is 11.0. The highest BCUT2D eigenvalue weighted by Gasteiger charge is 2.30. The highest BCUT2D eigenvalue weighted by Crippen LogP contribution is 2.30. The number of carboxylic acids is 1. The molecule has 21 heavy (non-hydrogen) atoms. The van der Waals surface area contributed by atoms with Gasteiger partial charge in [0.25, 0.3) is 0 Å². The molecular weight excluding hydrogens is 296 g/mol. The minimum atomic E-state index is -1.08. The van der Waals surface area contributed by atoms with Crippen LogP contribution in [0, 0.1) is 0 Å². The highest BCUT2D eigenvalue weighted by atomic mass is 35.5. The van der Waals surface area contributed by atoms with Crippen molar-refractivity contribution in [3.63, 3.8) is 0 Å². The normalized spacial score (nSPS) is 15.9. The first-order chi connectivity index (χ1) is 10.0. The molecule has 110 valence electrons. The summed E-state index contributed by atoms with van der Waals surface area (Å²) in [6, 6.07) is 5.14. The minimum Gasteiger partial charge on any atom is -0.508 e. The molecule has 3 rings (SSSR count). The van der Waals surface area contributed by atoms with Gasteiger partial charge in [-0.1, -0.05) is 22.9 Å². The monoisotopic (exact) mass is 308 g/mol. The summed E-state index contributed by atoms with van der Waals surface area (Å²) in [7, 11) is 0. The van der Waals surface area contributed by atoms with E-state index in [9.17, 15) is 9.90 Å². The molecular formula is C13H13ClN4O3. The topological polar surface area (TPSA) is 91.5 Å². The van der Waals surface area contributed by atoms with Gasteiger partial charge >= 0.3 is 5.97 Å². The molecule has 1 aliphatic heterocycles. The lowest BCUT2D eigenvalue weighted by Gasteiger charge is -2.39. The van der Waals surface area contributed by atoms with Gasteiger partial charge in [-0.25, -0.2) is 9.48 Å². The molecule has 0 amide bonds. The number of hydrogen-bond donors (Lipinski definition) is 2. The number of phenolic OH excluding ortho intramolecular Hbond substituents is 1. The average molecular weight is 309 g/mol. The van der Waals surface area contributed by atoms with E-state index in [4.69, 9.17) is 16.7 Å². The van der Waals surface area contributed by atoms with Crippen LogP contribution in [0.2, 0.25) is 5.02 Å². The van der Waals surface area contributed by atoms with Crippen LogP contribution in [0.4, 0.5) is 0 Å². The van der Waals surface area contributed by atoms with Crippen molar-refractivity contribution in [2.24, 2.45) is 0 Å². The van der Waals surface area contributed by atoms with Gasteiger partial charge < -0.3 is 10.2 Å². The number of aromatic carboxylic acids is 1. The van der Waals surface area contributed by atoms with Crippen LogP contribution < -0.4 is 0 Å². The standard InChI is InChI=1S/C13H13ClN4O3/c14-10-2-1-3-12(19)9(10)6-17-4-8(5-17)18-7-11(13(20)21)15-16-18/h1-3,7-8,19H,4-6H2,(H,20,21). The lowest BCUT2D eigenvalue weighted by Crippen LogP contribution is -2.47. The number of nitrogens with zero attached hydrogens (tertiary/aromatic N) is 4. The van der Waals surface area contributed by atoms with Crippen LogP contribution in [-0.2, 0) is 6.54 Å². The molecule has 1 fully saturated rings. The number of rotatable bonds is 4. The minimum absolute atomic E-state index is 0.0581. The molecule has 8 heteroatoms. The van der Waals surface area contributed by atoms with Crippen LogP contribution in [0.15, 0.2) is 24.4 Å². The summed E-state index contributed by atoms with van der Waals surface area (Å²) in [6.45, 7) is 1.95. The van der Waals surface area contributed by atoms with Crippen molar-refractivity contribution < 1.29 is 15.0 Å². The molecule has 0 atom stereocenters. The van der Waals surface area contributed by atoms with E-state index in [-0.39, 0.29) is 17.5 Å². The van der Waals surface area contributed by atoms with Gasteiger partial charge in [-0.2, -0.15) is 0 Å². The van der Waals surface area contributed by atoms with Crippen LogP contribution in [0.1, 0.15) is 22.1 Å². The largest absolute Gasteiger partial charge is 0.508 e. The second kappa shape index (κ2) is 5.34. The molecule has 2 heterocycles. The summed E-state index contributed by atoms with van der Waals surface area (Å²) in [6.07, 6.45) is 1.43. The van der Waals surface area contributed by atoms with E-state index >= 15 is 0 Å². The van der Waals surface area contributed by atoms with Gasteiger partial charge in [0.2, 0.25) is 0 Å². The fraction of sp³-hybridized carbons (Fsp3) is 0.308. The van der Waals surface area contributed by atoms with E-state index < -0.39 is 5.97 Å². The van der Waals surface area contributed by atoms with Crippen molar-refractivity contribution in [3.05, 3.63) is 40.7 Å². The van der Waals surface area contributed by atoms with Gasteiger partial charge in [0.15, 0.2) is 5.69 Å². The summed E-state index contributed by atoms with van der Waals surface area (Å²) >= 11 is 6.07. The van der Waals surface area contributed by atoms with Gasteiger partial charge in [-0.15, -0.1) is 5.10 Å². The zero-order chi connectivity index (χ0) is 15.0. The summed E-state index contributed by atoms with van der Waals surface area (Å²) in [5.74, 6) is -0.904. The van der Waals surface area contributed by atoms with Crippen molar-refractivity contribution >= 4 is 17.6 Å². The van der Waals surface area contributed by atoms with Crippen molar-refractivity contribution in [1.82, 2.24) is 19.9 Å². The third kappa shape index (κ3) is 2.70. The Labute approximate surface area is 125 Å². The third-order valence-corrected chi connectivity index (χ3v) is 3.87. The number of likely N-dealkylation sites (tertiary alicyclic amines) is 1. The lowest BCUT2D eigenvalue weighted by atomic mass is 10.1. The number of benzene rings is 1. The summed E-state index contributed by atoms with van der Waals surface area (Å²) < 4.78 is 1.56. The maximum atomic E-state index is 10.8. The average Bonchev–Trinajstić information content (AvgIpc) is 2.85. The van der Waals surface area contributed by atoms with Crippen molar-refractivity contribution in [2.45, 2.75) is 12.6 Å². The molecule has 2 aromatic rings. The zero-order valence-corrected chi connectivity index (χ0v) is 11.7. The Morgan fingerprint density at radius 1 is 1.43 bits per heavy atom. The predicted octanol–water partition coefficient (Wildman–Crippen LogP) is 1.39. The van der Waals surface area contributed by atoms with E-state index in [2.05, 4.69) is 15.2 Å². The molecule has 0 saturated carbocycles. The molecule has 1 saturated heterocycles. The smallest absolute Gasteiger partial charge is 0.358 e. The van der Waals surface area contributed by atoms with E-state index in [1.807, 2.05) is 0 Å². The van der Waals surface area contributed by atoms with Gasteiger partial charge in [0.05, 0.1) is 12.2 Å². The fourth-order valence-electron chi connectivity index (χ4n) is 2.32. The number of phenols is 1. The van der Waals surface area contributed by atoms with Gasteiger partial charge in [0.1, 0.15) is 5.75 Å². The van der Waals surface area contributed by atoms with Crippen LogP contribution in [0.5, 0.6) is 5.75 Å². The van der Waals surface area contributed by atoms with Crippen LogP contribution in [-0.4, -0.2) is 49.2 Å². The molecule has 1 aromatic carbocycles. The molecule has 2 N–H and O–H groups in total. The summed E-state index contributed by atoms with van der Waals surface area (Å²) in [4.78, 5) is 12.8. The molecule has 7 nitrogen and oxygen atoms in total. The first-order valence-corrected chi connectivity index (χ1v) is 6.76. The quantitative estimate of drug-likeness (QED) is 0.887. The van der Waals surface area contributed by atoms with Gasteiger partial charge in [0, 0.05) is 30.2 Å². The van der Waals surface area contributed by atoms with Gasteiger partial charge in [-0.05, 0) is 12.1 Å². The van der Waals surface area contributed by atoms with Crippen LogP contribution >= 0.6 is 11.6 Å². The number of aromatic hydroxyl groups is 1. The Balaban J connectivity index is 1.62. The predicted molar refractivity (Wildman–Crippen MR) is 74.4 cm³/mol. The van der Waals surface area contributed by atoms with Crippen molar-refractivity contribution in [3.8, 4) is 5.75 Å². The molecule has 0 radical (unpaired) electrons. The van der Waals surface area contributed by atoms with E-state index in [0.717, 1.165) is 0 Å². The molecule has 1 aromatic heterocycles. The Bertz CT molecular complexity index is 662. The Hall–Kier alpha value is -2.12. The number of carbonyl (C=O) groups is 1. The number of hydrogen-bond acceptors (Lipinski definition) is 5. The Morgan fingerprint density at radius 2 is 2.19 bits per heavy atom. The molecule has 1 aliphatic rings. The first-order valence-electron chi connectivity index (χ1n) is 6.38. The van der Waals surface area contributed by atoms with E-state index in [1.54, 1.807) is 22.9 Å². The fourth-order valence-corrected chi connectivity index (χ4v) is 2.55.